The number of unbranched alkanes of at least 4 members (excludes halogenated alkanes) is 2. The number of carbonyl (C=O) groups excluding carboxylic acids is 2. The number of amides is 2. The average molecular weight is 588 g/mol. The molecule has 11 heteroatoms. The highest BCUT2D eigenvalue weighted by Gasteiger charge is 2.30. The number of halogens is 3. The minimum atomic E-state index is -4.44. The monoisotopic (exact) mass is 587 g/mol. The molecule has 0 fully saturated rings. The molecule has 0 bridgehead atoms. The van der Waals surface area contributed by atoms with Gasteiger partial charge in [0.15, 0.2) is 5.69 Å². The number of aromatic nitrogens is 2. The van der Waals surface area contributed by atoms with Gasteiger partial charge in [-0.1, -0.05) is 68.3 Å². The first-order valence-electron chi connectivity index (χ1n) is 14.3. The zero-order chi connectivity index (χ0) is 30.7. The van der Waals surface area contributed by atoms with Crippen molar-refractivity contribution in [2.45, 2.75) is 70.9 Å². The molecule has 0 aliphatic carbocycles. The van der Waals surface area contributed by atoms with Gasteiger partial charge >= 0.3 is 6.18 Å². The molecule has 2 atom stereocenters. The van der Waals surface area contributed by atoms with Crippen LogP contribution in [0.4, 0.5) is 13.2 Å². The van der Waals surface area contributed by atoms with Crippen molar-refractivity contribution in [2.24, 2.45) is 0 Å². The summed E-state index contributed by atoms with van der Waals surface area (Å²) in [7, 11) is 1.73. The molecule has 2 aromatic carbocycles. The summed E-state index contributed by atoms with van der Waals surface area (Å²) >= 11 is 0. The normalized spacial score (nSPS) is 13.0. The van der Waals surface area contributed by atoms with Crippen molar-refractivity contribution in [3.8, 4) is 0 Å². The number of aliphatic hydroxyl groups is 1. The second-order valence-corrected chi connectivity index (χ2v) is 10.3. The molecule has 3 N–H and O–H groups in total. The van der Waals surface area contributed by atoms with Crippen LogP contribution < -0.4 is 10.6 Å². The summed E-state index contributed by atoms with van der Waals surface area (Å²) in [5.41, 5.74) is 0.924. The summed E-state index contributed by atoms with van der Waals surface area (Å²) in [6.07, 6.45) is -2.28. The Hall–Kier alpha value is -3.70. The molecule has 0 spiro atoms. The molecule has 42 heavy (non-hydrogen) atoms. The highest BCUT2D eigenvalue weighted by molar-refractivity contribution is 5.98. The van der Waals surface area contributed by atoms with Gasteiger partial charge in [0.25, 0.3) is 11.8 Å². The lowest BCUT2D eigenvalue weighted by Gasteiger charge is -2.24. The topological polar surface area (TPSA) is 99.5 Å². The van der Waals surface area contributed by atoms with Crippen LogP contribution in [-0.4, -0.2) is 63.9 Å². The fourth-order valence-electron chi connectivity index (χ4n) is 4.59. The van der Waals surface area contributed by atoms with E-state index in [1.807, 2.05) is 37.3 Å². The quantitative estimate of drug-likeness (QED) is 0.225. The number of benzene rings is 2. The molecule has 0 aliphatic rings. The molecule has 0 radical (unpaired) electrons. The number of nitrogens with zero attached hydrogens (tertiary/aromatic N) is 3. The van der Waals surface area contributed by atoms with E-state index in [1.165, 1.54) is 16.8 Å². The Morgan fingerprint density at radius 1 is 1.02 bits per heavy atom. The number of hydrogen-bond acceptors (Lipinski definition) is 5. The minimum Gasteiger partial charge on any atom is -0.390 e. The summed E-state index contributed by atoms with van der Waals surface area (Å²) < 4.78 is 40.7. The van der Waals surface area contributed by atoms with Crippen LogP contribution in [0.25, 0.3) is 0 Å². The van der Waals surface area contributed by atoms with Crippen molar-refractivity contribution in [1.82, 2.24) is 25.3 Å². The maximum absolute atomic E-state index is 13.3. The maximum Gasteiger partial charge on any atom is 0.416 e. The molecule has 228 valence electrons. The Morgan fingerprint density at radius 2 is 1.74 bits per heavy atom. The van der Waals surface area contributed by atoms with Gasteiger partial charge in [0.05, 0.1) is 17.7 Å². The molecule has 3 aromatic rings. The zero-order valence-electron chi connectivity index (χ0n) is 24.3. The molecule has 3 rings (SSSR count). The van der Waals surface area contributed by atoms with E-state index in [9.17, 15) is 27.9 Å². The van der Waals surface area contributed by atoms with Crippen LogP contribution in [0, 0.1) is 0 Å². The number of aliphatic hydroxyl groups excluding tert-OH is 1. The van der Waals surface area contributed by atoms with Crippen LogP contribution in [0.15, 0.2) is 60.7 Å². The zero-order valence-corrected chi connectivity index (χ0v) is 24.3. The highest BCUT2D eigenvalue weighted by atomic mass is 19.4. The molecular formula is C31H40F3N5O3. The van der Waals surface area contributed by atoms with E-state index < -0.39 is 29.8 Å². The van der Waals surface area contributed by atoms with Crippen LogP contribution >= 0.6 is 0 Å². The molecule has 0 saturated heterocycles. The Balaban J connectivity index is 1.71. The van der Waals surface area contributed by atoms with Crippen LogP contribution in [0.3, 0.4) is 0 Å². The second-order valence-electron chi connectivity index (χ2n) is 10.3. The molecular weight excluding hydrogens is 547 g/mol. The van der Waals surface area contributed by atoms with Gasteiger partial charge in [-0.3, -0.25) is 14.3 Å². The third-order valence-corrected chi connectivity index (χ3v) is 6.99. The van der Waals surface area contributed by atoms with Gasteiger partial charge in [0, 0.05) is 39.3 Å². The van der Waals surface area contributed by atoms with Crippen LogP contribution in [0.1, 0.15) is 70.8 Å². The number of nitrogens with one attached hydrogen (secondary N) is 2. The van der Waals surface area contributed by atoms with Crippen LogP contribution in [0.2, 0.25) is 0 Å². The summed E-state index contributed by atoms with van der Waals surface area (Å²) in [4.78, 5) is 28.0. The Kier molecular flexibility index (Phi) is 12.1. The number of carbonyl (C=O) groups is 2. The van der Waals surface area contributed by atoms with E-state index >= 15 is 0 Å². The number of rotatable bonds is 15. The Bertz CT molecular complexity index is 1300. The van der Waals surface area contributed by atoms with Crippen molar-refractivity contribution in [1.29, 1.82) is 0 Å². The Labute approximate surface area is 244 Å². The number of hydrogen-bond donors (Lipinski definition) is 3. The van der Waals surface area contributed by atoms with E-state index in [0.29, 0.717) is 30.8 Å². The van der Waals surface area contributed by atoms with Crippen molar-refractivity contribution >= 4 is 11.8 Å². The highest BCUT2D eigenvalue weighted by Crippen LogP contribution is 2.29. The van der Waals surface area contributed by atoms with Gasteiger partial charge in [-0.15, -0.1) is 0 Å². The van der Waals surface area contributed by atoms with Crippen molar-refractivity contribution < 1.29 is 27.9 Å². The van der Waals surface area contributed by atoms with Gasteiger partial charge in [0.2, 0.25) is 0 Å². The van der Waals surface area contributed by atoms with Crippen molar-refractivity contribution in [3.63, 3.8) is 0 Å². The first-order valence-corrected chi connectivity index (χ1v) is 14.3. The molecule has 0 saturated carbocycles. The fraction of sp³-hybridized carbons (Fsp3) is 0.452. The number of aryl methyl sites for hydroxylation is 1. The minimum absolute atomic E-state index is 0.0176. The Morgan fingerprint density at radius 3 is 2.40 bits per heavy atom. The smallest absolute Gasteiger partial charge is 0.390 e. The van der Waals surface area contributed by atoms with E-state index in [1.54, 1.807) is 18.0 Å². The first kappa shape index (κ1) is 32.8. The molecule has 1 heterocycles. The maximum atomic E-state index is 13.3. The third kappa shape index (κ3) is 9.42. The summed E-state index contributed by atoms with van der Waals surface area (Å²) in [6, 6.07) is 15.0. The van der Waals surface area contributed by atoms with Gasteiger partial charge < -0.3 is 20.6 Å². The lowest BCUT2D eigenvalue weighted by molar-refractivity contribution is -0.137. The number of alkyl halides is 3. The standard InChI is InChI=1S/C31H40F3N5O3/c1-4-6-10-16-38(3)30(42)27-19-26(37-39(27)5-2)29(41)36-25(18-22-12-8-7-9-13-22)28(40)21-35-20-23-14-11-15-24(17-23)31(32,33)34/h7-9,11-15,17,19,25,28,35,40H,4-6,10,16,18,20-21H2,1-3H3,(H,36,41)/t25-,28+/m0/s1. The average Bonchev–Trinajstić information content (AvgIpc) is 3.41. The predicted octanol–water partition coefficient (Wildman–Crippen LogP) is 4.68. The summed E-state index contributed by atoms with van der Waals surface area (Å²) in [6.45, 7) is 5.04. The van der Waals surface area contributed by atoms with E-state index in [0.717, 1.165) is 37.0 Å². The lowest BCUT2D eigenvalue weighted by Crippen LogP contribution is -2.48. The predicted molar refractivity (Wildman–Crippen MR) is 155 cm³/mol. The fourth-order valence-corrected chi connectivity index (χ4v) is 4.59. The largest absolute Gasteiger partial charge is 0.416 e. The molecule has 2 amide bonds. The van der Waals surface area contributed by atoms with Gasteiger partial charge in [0.1, 0.15) is 5.69 Å². The summed E-state index contributed by atoms with van der Waals surface area (Å²) in [5, 5.41) is 21.2. The lowest BCUT2D eigenvalue weighted by atomic mass is 10.0. The first-order chi connectivity index (χ1) is 20.0. The molecule has 0 unspecified atom stereocenters. The summed E-state index contributed by atoms with van der Waals surface area (Å²) in [5.74, 6) is -0.762. The second kappa shape index (κ2) is 15.5. The van der Waals surface area contributed by atoms with E-state index in [-0.39, 0.29) is 24.7 Å². The SMILES string of the molecule is CCCCCN(C)C(=O)c1cc(C(=O)N[C@@H](Cc2ccccc2)[C@H](O)CNCc2cccc(C(F)(F)F)c2)nn1CC. The van der Waals surface area contributed by atoms with Gasteiger partial charge in [-0.2, -0.15) is 18.3 Å². The van der Waals surface area contributed by atoms with Gasteiger partial charge in [-0.25, -0.2) is 0 Å². The molecule has 0 aliphatic heterocycles. The van der Waals surface area contributed by atoms with E-state index in [2.05, 4.69) is 22.7 Å². The van der Waals surface area contributed by atoms with Crippen molar-refractivity contribution in [2.75, 3.05) is 20.1 Å². The van der Waals surface area contributed by atoms with E-state index in [4.69, 9.17) is 0 Å². The third-order valence-electron chi connectivity index (χ3n) is 6.99. The van der Waals surface area contributed by atoms with Gasteiger partial charge in [-0.05, 0) is 37.0 Å². The van der Waals surface area contributed by atoms with Crippen LogP contribution in [0.5, 0.6) is 0 Å². The molecule has 1 aromatic heterocycles. The van der Waals surface area contributed by atoms with Crippen molar-refractivity contribution in [3.05, 3.63) is 88.7 Å². The van der Waals surface area contributed by atoms with Crippen LogP contribution in [-0.2, 0) is 25.7 Å². The molecule has 8 nitrogen and oxygen atoms in total.